The molecule has 0 atom stereocenters. The number of halogens is 2. The van der Waals surface area contributed by atoms with E-state index in [2.05, 4.69) is 15.3 Å². The summed E-state index contributed by atoms with van der Waals surface area (Å²) < 4.78 is 53.0. The predicted molar refractivity (Wildman–Crippen MR) is 226 cm³/mol. The zero-order valence-electron chi connectivity index (χ0n) is 35.3. The Morgan fingerprint density at radius 1 is 0.951 bits per heavy atom. The smallest absolute Gasteiger partial charge is 0.410 e. The molecule has 3 aliphatic rings. The van der Waals surface area contributed by atoms with Gasteiger partial charge in [0.1, 0.15) is 34.6 Å². The van der Waals surface area contributed by atoms with Crippen molar-refractivity contribution in [1.82, 2.24) is 24.8 Å². The van der Waals surface area contributed by atoms with Gasteiger partial charge in [-0.2, -0.15) is 0 Å². The molecule has 1 saturated heterocycles. The lowest BCUT2D eigenvalue weighted by Crippen LogP contribution is -2.44. The van der Waals surface area contributed by atoms with E-state index in [-0.39, 0.29) is 25.5 Å². The second-order valence-electron chi connectivity index (χ2n) is 16.7. The summed E-state index contributed by atoms with van der Waals surface area (Å²) in [5, 5.41) is 4.45. The van der Waals surface area contributed by atoms with Gasteiger partial charge in [0.25, 0.3) is 11.8 Å². The maximum Gasteiger partial charge on any atom is 0.410 e. The summed E-state index contributed by atoms with van der Waals surface area (Å²) in [6.07, 6.45) is 4.38. The minimum absolute atomic E-state index is 0.0205. The van der Waals surface area contributed by atoms with E-state index >= 15 is 8.78 Å². The number of nitrogens with one attached hydrogen (secondary N) is 1. The second kappa shape index (κ2) is 16.7. The molecular weight excluding hydrogens is 787 g/mol. The van der Waals surface area contributed by atoms with Gasteiger partial charge in [0.05, 0.1) is 69.5 Å². The van der Waals surface area contributed by atoms with Crippen molar-refractivity contribution in [2.75, 3.05) is 55.5 Å². The van der Waals surface area contributed by atoms with Crippen LogP contribution in [0.2, 0.25) is 0 Å². The lowest BCUT2D eigenvalue weighted by molar-refractivity contribution is -0.0285. The highest BCUT2D eigenvalue weighted by molar-refractivity contribution is 6.06. The first-order chi connectivity index (χ1) is 29.2. The van der Waals surface area contributed by atoms with Crippen LogP contribution in [0, 0.1) is 6.92 Å². The number of carbonyl (C=O) groups is 2. The maximum atomic E-state index is 15.3. The molecule has 16 heteroatoms. The Kier molecular flexibility index (Phi) is 11.4. The summed E-state index contributed by atoms with van der Waals surface area (Å²) in [6, 6.07) is 15.0. The number of hydrogen-bond donors (Lipinski definition) is 1. The molecule has 14 nitrogen and oxygen atoms in total. The van der Waals surface area contributed by atoms with Crippen molar-refractivity contribution in [2.45, 2.75) is 84.3 Å². The molecule has 2 fully saturated rings. The highest BCUT2D eigenvalue weighted by Gasteiger charge is 2.40. The Hall–Kier alpha value is -6.16. The van der Waals surface area contributed by atoms with Crippen LogP contribution in [-0.4, -0.2) is 88.8 Å². The van der Waals surface area contributed by atoms with Crippen LogP contribution in [0.5, 0.6) is 11.5 Å². The van der Waals surface area contributed by atoms with Gasteiger partial charge < -0.3 is 39.0 Å². The number of benzene rings is 2. The molecule has 8 rings (SSSR count). The van der Waals surface area contributed by atoms with Crippen LogP contribution in [0.1, 0.15) is 83.7 Å². The number of nitrogens with zero attached hydrogens (tertiary/aromatic N) is 7. The minimum atomic E-state index is -3.23. The molecule has 0 bridgehead atoms. The maximum absolute atomic E-state index is 15.3. The van der Waals surface area contributed by atoms with Gasteiger partial charge in [0.15, 0.2) is 0 Å². The minimum Gasteiger partial charge on any atom is -0.497 e. The number of methoxy groups -OCH3 is 2. The molecular formula is C45H50F2N8O6. The first-order valence-corrected chi connectivity index (χ1v) is 20.4. The van der Waals surface area contributed by atoms with Gasteiger partial charge in [-0.25, -0.2) is 33.5 Å². The van der Waals surface area contributed by atoms with Gasteiger partial charge in [0, 0.05) is 60.5 Å². The van der Waals surface area contributed by atoms with Crippen LogP contribution in [0.3, 0.4) is 0 Å². The lowest BCUT2D eigenvalue weighted by Gasteiger charge is -2.28. The van der Waals surface area contributed by atoms with Crippen LogP contribution in [0.15, 0.2) is 60.9 Å². The van der Waals surface area contributed by atoms with E-state index in [1.807, 2.05) is 36.4 Å². The Balaban J connectivity index is 1.09. The lowest BCUT2D eigenvalue weighted by atomic mass is 10.0. The SMILES string of the molecule is COc1ccc(CNc2nc3cc(CN(C(=O)c4cnc(C5CC5)nc4)c4ccc(N5CCN(C(=O)OC(C)(C)C)CC(F)(F)C5)nc4C)ccc3c3c2COC3)c(OC)c1. The first kappa shape index (κ1) is 41.6. The Labute approximate surface area is 353 Å². The molecule has 61 heavy (non-hydrogen) atoms. The van der Waals surface area contributed by atoms with E-state index in [1.54, 1.807) is 71.3 Å². The predicted octanol–water partition coefficient (Wildman–Crippen LogP) is 7.80. The van der Waals surface area contributed by atoms with E-state index < -0.39 is 30.7 Å². The number of aryl methyl sites for hydroxylation is 1. The summed E-state index contributed by atoms with van der Waals surface area (Å²) in [7, 11) is 3.23. The van der Waals surface area contributed by atoms with Crippen molar-refractivity contribution in [3.8, 4) is 11.5 Å². The fourth-order valence-corrected chi connectivity index (χ4v) is 7.71. The average molecular weight is 837 g/mol. The Bertz CT molecular complexity index is 2460. The van der Waals surface area contributed by atoms with Crippen molar-refractivity contribution >= 4 is 40.2 Å². The van der Waals surface area contributed by atoms with Gasteiger partial charge in [-0.3, -0.25) is 4.79 Å². The molecule has 1 N–H and O–H groups in total. The third-order valence-electron chi connectivity index (χ3n) is 10.9. The molecule has 0 radical (unpaired) electrons. The quantitative estimate of drug-likeness (QED) is 0.139. The Morgan fingerprint density at radius 3 is 2.43 bits per heavy atom. The van der Waals surface area contributed by atoms with Crippen LogP contribution in [-0.2, 0) is 35.8 Å². The fourth-order valence-electron chi connectivity index (χ4n) is 7.71. The monoisotopic (exact) mass is 836 g/mol. The number of alkyl halides is 2. The number of anilines is 3. The van der Waals surface area contributed by atoms with Crippen LogP contribution in [0.4, 0.5) is 30.9 Å². The van der Waals surface area contributed by atoms with Crippen molar-refractivity contribution in [3.05, 3.63) is 100 Å². The number of amides is 2. The third-order valence-corrected chi connectivity index (χ3v) is 10.9. The molecule has 0 spiro atoms. The van der Waals surface area contributed by atoms with Crippen molar-refractivity contribution in [1.29, 1.82) is 0 Å². The zero-order chi connectivity index (χ0) is 43.1. The summed E-state index contributed by atoms with van der Waals surface area (Å²) >= 11 is 0. The normalized spacial score (nSPS) is 16.2. The number of rotatable bonds is 11. The molecule has 1 aliphatic carbocycles. The van der Waals surface area contributed by atoms with Crippen molar-refractivity contribution in [2.24, 2.45) is 0 Å². The molecule has 1 saturated carbocycles. The van der Waals surface area contributed by atoms with Crippen LogP contribution in [0.25, 0.3) is 10.9 Å². The average Bonchev–Trinajstić information content (AvgIpc) is 4.00. The van der Waals surface area contributed by atoms with Gasteiger partial charge in [-0.15, -0.1) is 0 Å². The molecule has 2 aromatic carbocycles. The molecule has 5 heterocycles. The van der Waals surface area contributed by atoms with E-state index in [4.69, 9.17) is 28.9 Å². The number of pyridine rings is 2. The summed E-state index contributed by atoms with van der Waals surface area (Å²) in [5.74, 6) is -0.168. The fraction of sp³-hybridized carbons (Fsp3) is 0.422. The second-order valence-corrected chi connectivity index (χ2v) is 16.7. The molecule has 2 aliphatic heterocycles. The van der Waals surface area contributed by atoms with Gasteiger partial charge in [-0.05, 0) is 82.0 Å². The third kappa shape index (κ3) is 9.28. The van der Waals surface area contributed by atoms with E-state index in [0.29, 0.717) is 65.8 Å². The zero-order valence-corrected chi connectivity index (χ0v) is 35.3. The summed E-state index contributed by atoms with van der Waals surface area (Å²) in [4.78, 5) is 50.3. The summed E-state index contributed by atoms with van der Waals surface area (Å²) in [6.45, 7) is 6.98. The van der Waals surface area contributed by atoms with Gasteiger partial charge in [0.2, 0.25) is 0 Å². The van der Waals surface area contributed by atoms with E-state index in [0.717, 1.165) is 56.7 Å². The number of aromatic nitrogens is 4. The topological polar surface area (TPSA) is 144 Å². The molecule has 0 unspecified atom stereocenters. The highest BCUT2D eigenvalue weighted by atomic mass is 19.3. The van der Waals surface area contributed by atoms with Gasteiger partial charge in [-0.1, -0.05) is 12.1 Å². The van der Waals surface area contributed by atoms with Crippen molar-refractivity contribution in [3.63, 3.8) is 0 Å². The number of ether oxygens (including phenoxy) is 4. The standard InChI is InChI=1S/C45H50F2N8O6/c1-27-37(13-14-39(51-27)53-15-16-54(26-45(46,47)25-53)43(57)61-44(2,3)4)55(42(56)31-20-48-40(49-21-31)29-8-9-29)22-28-7-12-33-34-23-60-24-35(34)41(52-36(33)17-28)50-19-30-10-11-32(58-5)18-38(30)59-6/h7,10-14,17-18,20-21,29H,8-9,15-16,19,22-26H2,1-6H3,(H,50,52). The number of fused-ring (bicyclic) bond motifs is 3. The highest BCUT2D eigenvalue weighted by Crippen LogP contribution is 2.38. The number of hydrogen-bond acceptors (Lipinski definition) is 12. The molecule has 320 valence electrons. The van der Waals surface area contributed by atoms with Gasteiger partial charge >= 0.3 is 6.09 Å². The van der Waals surface area contributed by atoms with Crippen LogP contribution >= 0.6 is 0 Å². The first-order valence-electron chi connectivity index (χ1n) is 20.4. The van der Waals surface area contributed by atoms with Crippen molar-refractivity contribution < 1.29 is 37.3 Å². The summed E-state index contributed by atoms with van der Waals surface area (Å²) in [5.41, 5.74) is 4.90. The number of carbonyl (C=O) groups excluding carboxylic acids is 2. The Morgan fingerprint density at radius 2 is 1.72 bits per heavy atom. The molecule has 2 amide bonds. The largest absolute Gasteiger partial charge is 0.497 e. The van der Waals surface area contributed by atoms with E-state index in [9.17, 15) is 9.59 Å². The molecule has 3 aromatic heterocycles. The van der Waals surface area contributed by atoms with Crippen LogP contribution < -0.4 is 24.6 Å². The molecule has 5 aromatic rings. The van der Waals surface area contributed by atoms with E-state index in [1.165, 1.54) is 4.90 Å².